The van der Waals surface area contributed by atoms with Gasteiger partial charge in [-0.3, -0.25) is 0 Å². The van der Waals surface area contributed by atoms with Gasteiger partial charge in [-0.2, -0.15) is 10.1 Å². The lowest BCUT2D eigenvalue weighted by Crippen LogP contribution is -2.47. The second-order valence-corrected chi connectivity index (χ2v) is 5.74. The number of aromatic nitrogens is 3. The Labute approximate surface area is 142 Å². The number of methoxy groups -OCH3 is 1. The smallest absolute Gasteiger partial charge is 0.247 e. The summed E-state index contributed by atoms with van der Waals surface area (Å²) < 4.78 is 5.21. The molecule has 1 saturated heterocycles. The number of rotatable bonds is 6. The summed E-state index contributed by atoms with van der Waals surface area (Å²) in [5.41, 5.74) is 1.22. The van der Waals surface area contributed by atoms with Gasteiger partial charge in [0, 0.05) is 38.4 Å². The summed E-state index contributed by atoms with van der Waals surface area (Å²) in [4.78, 5) is 9.11. The maximum absolute atomic E-state index is 5.21. The summed E-state index contributed by atoms with van der Waals surface area (Å²) in [6.45, 7) is 6.64. The molecule has 0 unspecified atom stereocenters. The first-order valence-electron chi connectivity index (χ1n) is 8.37. The van der Waals surface area contributed by atoms with Gasteiger partial charge in [0.2, 0.25) is 5.95 Å². The Hall–Kier alpha value is -2.57. The minimum absolute atomic E-state index is 0.700. The van der Waals surface area contributed by atoms with E-state index < -0.39 is 0 Å². The molecule has 0 atom stereocenters. The minimum atomic E-state index is 0.700. The fraction of sp³-hybridized carbons (Fsp3) is 0.471. The van der Waals surface area contributed by atoms with Crippen LogP contribution < -0.4 is 19.9 Å². The van der Waals surface area contributed by atoms with Gasteiger partial charge in [-0.05, 0) is 30.7 Å². The van der Waals surface area contributed by atoms with Crippen LogP contribution in [0.3, 0.4) is 0 Å². The maximum Gasteiger partial charge on any atom is 0.247 e. The number of benzene rings is 1. The number of piperazine rings is 1. The molecule has 1 N–H and O–H groups in total. The van der Waals surface area contributed by atoms with Crippen molar-refractivity contribution < 1.29 is 4.74 Å². The van der Waals surface area contributed by atoms with Gasteiger partial charge in [-0.15, -0.1) is 5.10 Å². The number of ether oxygens (including phenoxy) is 1. The molecule has 7 nitrogen and oxygen atoms in total. The van der Waals surface area contributed by atoms with Crippen LogP contribution >= 0.6 is 0 Å². The highest BCUT2D eigenvalue weighted by Crippen LogP contribution is 2.21. The highest BCUT2D eigenvalue weighted by atomic mass is 16.5. The molecule has 7 heteroatoms. The first-order chi connectivity index (χ1) is 11.8. The van der Waals surface area contributed by atoms with Crippen LogP contribution in [0.1, 0.15) is 13.3 Å². The van der Waals surface area contributed by atoms with Crippen molar-refractivity contribution in [2.75, 3.05) is 55.0 Å². The summed E-state index contributed by atoms with van der Waals surface area (Å²) in [5, 5.41) is 11.5. The Morgan fingerprint density at radius 3 is 2.46 bits per heavy atom. The standard InChI is InChI=1S/C17H24N6O/c1-3-8-18-16-13-19-21-17(20-16)23-11-9-22(10-12-23)14-4-6-15(24-2)7-5-14/h4-7,13H,3,8-12H2,1-2H3,(H,18,20,21). The van der Waals surface area contributed by atoms with E-state index >= 15 is 0 Å². The first-order valence-corrected chi connectivity index (χ1v) is 8.37. The normalized spacial score (nSPS) is 14.6. The zero-order valence-electron chi connectivity index (χ0n) is 14.3. The third-order valence-corrected chi connectivity index (χ3v) is 4.10. The summed E-state index contributed by atoms with van der Waals surface area (Å²) in [6, 6.07) is 8.19. The van der Waals surface area contributed by atoms with Crippen LogP contribution in [0, 0.1) is 0 Å². The number of hydrogen-bond acceptors (Lipinski definition) is 7. The van der Waals surface area contributed by atoms with Crippen molar-refractivity contribution in [3.05, 3.63) is 30.5 Å². The average Bonchev–Trinajstić information content (AvgIpc) is 2.67. The largest absolute Gasteiger partial charge is 0.497 e. The van der Waals surface area contributed by atoms with Crippen LogP contribution in [0.4, 0.5) is 17.5 Å². The quantitative estimate of drug-likeness (QED) is 0.870. The monoisotopic (exact) mass is 328 g/mol. The van der Waals surface area contributed by atoms with Gasteiger partial charge in [0.15, 0.2) is 5.82 Å². The molecule has 0 saturated carbocycles. The SMILES string of the molecule is CCCNc1cnnc(N2CCN(c3ccc(OC)cc3)CC2)n1. The van der Waals surface area contributed by atoms with E-state index in [9.17, 15) is 0 Å². The Balaban J connectivity index is 1.60. The van der Waals surface area contributed by atoms with E-state index in [1.807, 2.05) is 12.1 Å². The van der Waals surface area contributed by atoms with Gasteiger partial charge in [-0.25, -0.2) is 0 Å². The zero-order valence-corrected chi connectivity index (χ0v) is 14.3. The highest BCUT2D eigenvalue weighted by Gasteiger charge is 2.19. The highest BCUT2D eigenvalue weighted by molar-refractivity contribution is 5.51. The molecular weight excluding hydrogens is 304 g/mol. The van der Waals surface area contributed by atoms with Crippen molar-refractivity contribution in [3.63, 3.8) is 0 Å². The third-order valence-electron chi connectivity index (χ3n) is 4.10. The summed E-state index contributed by atoms with van der Waals surface area (Å²) in [7, 11) is 1.69. The van der Waals surface area contributed by atoms with Crippen LogP contribution in [-0.2, 0) is 0 Å². The van der Waals surface area contributed by atoms with E-state index in [4.69, 9.17) is 4.74 Å². The second-order valence-electron chi connectivity index (χ2n) is 5.74. The van der Waals surface area contributed by atoms with E-state index in [1.54, 1.807) is 13.3 Å². The molecule has 1 aromatic heterocycles. The van der Waals surface area contributed by atoms with Gasteiger partial charge < -0.3 is 19.9 Å². The van der Waals surface area contributed by atoms with Crippen LogP contribution in [-0.4, -0.2) is 55.0 Å². The lowest BCUT2D eigenvalue weighted by atomic mass is 10.2. The van der Waals surface area contributed by atoms with Crippen molar-refractivity contribution in [2.24, 2.45) is 0 Å². The van der Waals surface area contributed by atoms with Gasteiger partial charge >= 0.3 is 0 Å². The average molecular weight is 328 g/mol. The molecule has 1 aromatic carbocycles. The van der Waals surface area contributed by atoms with E-state index in [-0.39, 0.29) is 0 Å². The van der Waals surface area contributed by atoms with Gasteiger partial charge in [-0.1, -0.05) is 6.92 Å². The van der Waals surface area contributed by atoms with Gasteiger partial charge in [0.25, 0.3) is 0 Å². The Bertz CT molecular complexity index is 640. The number of hydrogen-bond donors (Lipinski definition) is 1. The Morgan fingerprint density at radius 1 is 1.08 bits per heavy atom. The van der Waals surface area contributed by atoms with Crippen molar-refractivity contribution in [2.45, 2.75) is 13.3 Å². The predicted octanol–water partition coefficient (Wildman–Crippen LogP) is 2.03. The zero-order chi connectivity index (χ0) is 16.8. The summed E-state index contributed by atoms with van der Waals surface area (Å²) in [5.74, 6) is 2.37. The molecule has 0 bridgehead atoms. The van der Waals surface area contributed by atoms with E-state index in [0.717, 1.165) is 50.7 Å². The molecular formula is C17H24N6O. The molecule has 24 heavy (non-hydrogen) atoms. The maximum atomic E-state index is 5.21. The number of nitrogens with one attached hydrogen (secondary N) is 1. The number of nitrogens with zero attached hydrogens (tertiary/aromatic N) is 5. The number of anilines is 3. The molecule has 2 aromatic rings. The van der Waals surface area contributed by atoms with Crippen molar-refractivity contribution in [1.29, 1.82) is 0 Å². The van der Waals surface area contributed by atoms with Crippen molar-refractivity contribution in [3.8, 4) is 5.75 Å². The molecule has 2 heterocycles. The second kappa shape index (κ2) is 7.81. The molecule has 1 aliphatic heterocycles. The molecule has 0 amide bonds. The van der Waals surface area contributed by atoms with Gasteiger partial charge in [0.1, 0.15) is 5.75 Å². The lowest BCUT2D eigenvalue weighted by molar-refractivity contribution is 0.415. The predicted molar refractivity (Wildman–Crippen MR) is 96.0 cm³/mol. The minimum Gasteiger partial charge on any atom is -0.497 e. The van der Waals surface area contributed by atoms with Crippen LogP contribution in [0.2, 0.25) is 0 Å². The molecule has 0 radical (unpaired) electrons. The molecule has 0 aliphatic carbocycles. The Morgan fingerprint density at radius 2 is 1.79 bits per heavy atom. The van der Waals surface area contributed by atoms with E-state index in [0.29, 0.717) is 5.95 Å². The Kier molecular flexibility index (Phi) is 5.30. The van der Waals surface area contributed by atoms with Crippen LogP contribution in [0.15, 0.2) is 30.5 Å². The topological polar surface area (TPSA) is 66.4 Å². The molecule has 1 aliphatic rings. The van der Waals surface area contributed by atoms with Crippen molar-refractivity contribution >= 4 is 17.5 Å². The van der Waals surface area contributed by atoms with Crippen molar-refractivity contribution in [1.82, 2.24) is 15.2 Å². The fourth-order valence-corrected chi connectivity index (χ4v) is 2.72. The van der Waals surface area contributed by atoms with E-state index in [2.05, 4.69) is 49.4 Å². The fourth-order valence-electron chi connectivity index (χ4n) is 2.72. The third kappa shape index (κ3) is 3.84. The van der Waals surface area contributed by atoms with Gasteiger partial charge in [0.05, 0.1) is 13.3 Å². The molecule has 1 fully saturated rings. The summed E-state index contributed by atoms with van der Waals surface area (Å²) in [6.07, 6.45) is 2.73. The molecule has 3 rings (SSSR count). The van der Waals surface area contributed by atoms with Crippen LogP contribution in [0.25, 0.3) is 0 Å². The molecule has 128 valence electrons. The van der Waals surface area contributed by atoms with Crippen LogP contribution in [0.5, 0.6) is 5.75 Å². The molecule has 0 spiro atoms. The lowest BCUT2D eigenvalue weighted by Gasteiger charge is -2.36. The first kappa shape index (κ1) is 16.3. The van der Waals surface area contributed by atoms with E-state index in [1.165, 1.54) is 5.69 Å². The summed E-state index contributed by atoms with van der Waals surface area (Å²) >= 11 is 0.